The Kier molecular flexibility index (Phi) is 52.0. The van der Waals surface area contributed by atoms with Gasteiger partial charge in [0.25, 0.3) is 0 Å². The Hall–Kier alpha value is -2.56. The average Bonchev–Trinajstić information content (AvgIpc) is 0.762. The molecule has 18 unspecified atom stereocenters. The van der Waals surface area contributed by atoms with Crippen molar-refractivity contribution < 1.29 is 117 Å². The first-order chi connectivity index (χ1) is 48.3. The van der Waals surface area contributed by atoms with E-state index in [0.717, 1.165) is 96.0 Å². The Morgan fingerprint density at radius 3 is 1.18 bits per heavy atom. The Bertz CT molecular complexity index is 2160. The molecule has 0 aromatic carbocycles. The monoisotopic (exact) mass is 1450 g/mol. The van der Waals surface area contributed by atoms with Crippen molar-refractivity contribution in [2.45, 2.75) is 407 Å². The van der Waals surface area contributed by atoms with Crippen LogP contribution in [0.4, 0.5) is 0 Å². The lowest BCUT2D eigenvalue weighted by molar-refractivity contribution is -0.360. The second-order valence-electron chi connectivity index (χ2n) is 28.2. The van der Waals surface area contributed by atoms with Crippen LogP contribution in [0, 0.1) is 0 Å². The normalized spacial score (nSPS) is 27.4. The van der Waals surface area contributed by atoms with Gasteiger partial charge in [-0.2, -0.15) is 0 Å². The van der Waals surface area contributed by atoms with E-state index in [1.807, 2.05) is 6.08 Å². The number of unbranched alkanes of at least 4 members (excludes halogenated alkanes) is 39. The molecule has 0 amide bonds. The second kappa shape index (κ2) is 56.7. The fourth-order valence-corrected chi connectivity index (χ4v) is 13.9. The molecule has 3 fully saturated rings. The van der Waals surface area contributed by atoms with Crippen molar-refractivity contribution in [3.63, 3.8) is 0 Å². The van der Waals surface area contributed by atoms with E-state index >= 15 is 0 Å². The van der Waals surface area contributed by atoms with Crippen LogP contribution in [-0.2, 0) is 61.2 Å². The van der Waals surface area contributed by atoms with Gasteiger partial charge in [0.15, 0.2) is 18.7 Å². The minimum absolute atomic E-state index is 0.0288. The summed E-state index contributed by atoms with van der Waals surface area (Å²) in [6.07, 6.45) is 18.7. The van der Waals surface area contributed by atoms with Gasteiger partial charge in [-0.25, -0.2) is 9.36 Å². The van der Waals surface area contributed by atoms with Crippen LogP contribution in [0.3, 0.4) is 0 Å². The van der Waals surface area contributed by atoms with Gasteiger partial charge in [-0.1, -0.05) is 283 Å². The number of carbonyl (C=O) groups excluding carboxylic acids is 3. The predicted octanol–water partition coefficient (Wildman–Crippen LogP) is 11.3. The lowest BCUT2D eigenvalue weighted by atomic mass is 9.84. The van der Waals surface area contributed by atoms with E-state index in [1.165, 1.54) is 173 Å². The molecular formula is C75H137O24P. The Labute approximate surface area is 598 Å². The zero-order valence-electron chi connectivity index (χ0n) is 61.2. The summed E-state index contributed by atoms with van der Waals surface area (Å²) >= 11 is 0. The molecule has 3 aliphatic rings. The maximum Gasteiger partial charge on any atom is 0.472 e. The lowest BCUT2D eigenvalue weighted by Crippen LogP contribution is -2.69. The summed E-state index contributed by atoms with van der Waals surface area (Å²) in [5.74, 6) is -2.23. The van der Waals surface area contributed by atoms with Gasteiger partial charge < -0.3 is 89.1 Å². The second-order valence-corrected chi connectivity index (χ2v) is 29.6. The molecule has 11 N–H and O–H groups in total. The number of hydrogen-bond acceptors (Lipinski definition) is 23. The molecule has 2 heterocycles. The number of ether oxygens (including phenoxy) is 7. The van der Waals surface area contributed by atoms with Crippen molar-refractivity contribution in [1.29, 1.82) is 0 Å². The third-order valence-corrected chi connectivity index (χ3v) is 20.3. The quantitative estimate of drug-likeness (QED) is 0.00673. The van der Waals surface area contributed by atoms with Crippen LogP contribution < -0.4 is 0 Å². The van der Waals surface area contributed by atoms with E-state index in [9.17, 15) is 74.9 Å². The highest BCUT2D eigenvalue weighted by Crippen LogP contribution is 2.49. The molecule has 0 bridgehead atoms. The van der Waals surface area contributed by atoms with Crippen LogP contribution in [0.1, 0.15) is 303 Å². The summed E-state index contributed by atoms with van der Waals surface area (Å²) in [5, 5.41) is 110. The molecule has 100 heavy (non-hydrogen) atoms. The molecule has 1 saturated carbocycles. The number of aliphatic hydroxyl groups excluding tert-OH is 10. The van der Waals surface area contributed by atoms with E-state index < -0.39 is 156 Å². The summed E-state index contributed by atoms with van der Waals surface area (Å²) in [4.78, 5) is 50.9. The standard InChI is InChI=1S/C75H137O24P/c1-4-7-10-13-16-19-22-25-27-28-30-33-36-39-42-45-48-51-61(79)94-56(53-91-59(77)49-46-43-40-37-35-32-29-26-23-20-17-14-11-8-5-2)54-93-100(89,90)99-73-71(97-74-69(87)64(82)62(80)57(52-76)95-74)67(85)66(84)68(86)72(73)98-75-70(88)65(83)63(81)58(96-75)55-92-60(78)50-47-44-41-38-34-31-24-21-18-15-12-9-6-3/h40,43,46,49,56-58,62-76,80-88H,4-39,41-42,44-45,47-48,50-55H2,1-3H3,(H,89,90)/b43-40+,49-46+. The smallest absolute Gasteiger partial charge is 0.463 e. The van der Waals surface area contributed by atoms with Crippen molar-refractivity contribution >= 4 is 25.7 Å². The molecule has 3 rings (SSSR count). The first kappa shape index (κ1) is 91.6. The summed E-state index contributed by atoms with van der Waals surface area (Å²) < 4.78 is 64.9. The van der Waals surface area contributed by atoms with Gasteiger partial charge in [0.1, 0.15) is 98.7 Å². The third-order valence-electron chi connectivity index (χ3n) is 19.3. The Morgan fingerprint density at radius 1 is 0.410 bits per heavy atom. The van der Waals surface area contributed by atoms with E-state index in [1.54, 1.807) is 6.08 Å². The van der Waals surface area contributed by atoms with Crippen LogP contribution in [0.2, 0.25) is 0 Å². The molecule has 0 spiro atoms. The van der Waals surface area contributed by atoms with Gasteiger partial charge in [0, 0.05) is 18.9 Å². The third kappa shape index (κ3) is 39.2. The number of allylic oxidation sites excluding steroid dienone is 3. The highest BCUT2D eigenvalue weighted by Gasteiger charge is 2.58. The molecular weight excluding hydrogens is 1320 g/mol. The van der Waals surface area contributed by atoms with Crippen LogP contribution >= 0.6 is 7.82 Å². The topological polar surface area (TPSA) is 374 Å². The largest absolute Gasteiger partial charge is 0.472 e. The Balaban J connectivity index is 1.74. The molecule has 24 nitrogen and oxygen atoms in total. The Morgan fingerprint density at radius 2 is 0.770 bits per heavy atom. The van der Waals surface area contributed by atoms with Crippen molar-refractivity contribution in [1.82, 2.24) is 0 Å². The predicted molar refractivity (Wildman–Crippen MR) is 379 cm³/mol. The van der Waals surface area contributed by atoms with Crippen molar-refractivity contribution in [2.24, 2.45) is 0 Å². The fourth-order valence-electron chi connectivity index (χ4n) is 13.0. The molecule has 0 radical (unpaired) electrons. The van der Waals surface area contributed by atoms with Crippen LogP contribution in [0.15, 0.2) is 24.3 Å². The van der Waals surface area contributed by atoms with Gasteiger partial charge in [-0.15, -0.1) is 0 Å². The SMILES string of the molecule is CCCCCCCCCCCCC/C=C/C=C/C(=O)OCC(COP(=O)(O)OC1C(OC2OC(CO)C(O)C(O)C2O)C(O)C(O)C(O)C1OC1OC(COC(=O)CCCCCCCCCCCCCCC)C(O)C(O)C1O)OC(=O)CCCCCCCCCCCCCCCCCCC. The maximum atomic E-state index is 14.3. The van der Waals surface area contributed by atoms with E-state index in [0.29, 0.717) is 12.8 Å². The van der Waals surface area contributed by atoms with Crippen molar-refractivity contribution in [3.05, 3.63) is 24.3 Å². The van der Waals surface area contributed by atoms with E-state index in [2.05, 4.69) is 20.8 Å². The number of rotatable bonds is 61. The maximum absolute atomic E-state index is 14.3. The fraction of sp³-hybridized carbons (Fsp3) is 0.907. The molecule has 586 valence electrons. The zero-order valence-corrected chi connectivity index (χ0v) is 62.1. The summed E-state index contributed by atoms with van der Waals surface area (Å²) in [5.41, 5.74) is 0. The highest BCUT2D eigenvalue weighted by molar-refractivity contribution is 7.47. The lowest BCUT2D eigenvalue weighted by Gasteiger charge is -2.49. The minimum Gasteiger partial charge on any atom is -0.463 e. The number of hydrogen-bond donors (Lipinski definition) is 11. The molecule has 1 aliphatic carbocycles. The summed E-state index contributed by atoms with van der Waals surface area (Å²) in [6.45, 7) is 3.36. The van der Waals surface area contributed by atoms with Crippen LogP contribution in [0.5, 0.6) is 0 Å². The summed E-state index contributed by atoms with van der Waals surface area (Å²) in [6, 6.07) is 0. The molecule has 2 saturated heterocycles. The van der Waals surface area contributed by atoms with Crippen molar-refractivity contribution in [3.8, 4) is 0 Å². The zero-order chi connectivity index (χ0) is 73.2. The first-order valence-electron chi connectivity index (χ1n) is 39.2. The van der Waals surface area contributed by atoms with E-state index in [4.69, 9.17) is 42.2 Å². The van der Waals surface area contributed by atoms with Crippen LogP contribution in [-0.4, -0.2) is 204 Å². The van der Waals surface area contributed by atoms with Gasteiger partial charge in [-0.3, -0.25) is 18.6 Å². The van der Waals surface area contributed by atoms with Gasteiger partial charge in [0.05, 0.1) is 13.2 Å². The molecule has 18 atom stereocenters. The molecule has 25 heteroatoms. The van der Waals surface area contributed by atoms with Crippen molar-refractivity contribution in [2.75, 3.05) is 26.4 Å². The number of carbonyl (C=O) groups is 3. The molecule has 0 aromatic rings. The average molecular weight is 1450 g/mol. The van der Waals surface area contributed by atoms with Gasteiger partial charge >= 0.3 is 25.7 Å². The number of esters is 3. The minimum atomic E-state index is -5.72. The molecule has 0 aromatic heterocycles. The number of aliphatic hydroxyl groups is 10. The first-order valence-corrected chi connectivity index (χ1v) is 40.7. The number of phosphoric acid groups is 1. The van der Waals surface area contributed by atoms with Gasteiger partial charge in [0.2, 0.25) is 0 Å². The summed E-state index contributed by atoms with van der Waals surface area (Å²) in [7, 11) is -5.72. The van der Waals surface area contributed by atoms with Gasteiger partial charge in [-0.05, 0) is 25.7 Å². The van der Waals surface area contributed by atoms with Crippen LogP contribution in [0.25, 0.3) is 0 Å². The highest BCUT2D eigenvalue weighted by atomic mass is 31.2. The number of phosphoric ester groups is 1. The van der Waals surface area contributed by atoms with E-state index in [-0.39, 0.29) is 12.8 Å². The molecule has 2 aliphatic heterocycles.